The van der Waals surface area contributed by atoms with E-state index in [1.54, 1.807) is 6.20 Å². The highest BCUT2D eigenvalue weighted by atomic mass is 35.5. The Morgan fingerprint density at radius 2 is 1.46 bits per heavy atom. The van der Waals surface area contributed by atoms with E-state index in [1.165, 1.54) is 0 Å². The molecule has 0 spiro atoms. The van der Waals surface area contributed by atoms with Gasteiger partial charge in [0.2, 0.25) is 0 Å². The van der Waals surface area contributed by atoms with E-state index in [2.05, 4.69) is 58.1 Å². The van der Waals surface area contributed by atoms with Crippen molar-refractivity contribution in [3.05, 3.63) is 124 Å². The van der Waals surface area contributed by atoms with E-state index in [0.717, 1.165) is 22.3 Å². The number of hydrogen-bond acceptors (Lipinski definition) is 1. The van der Waals surface area contributed by atoms with Crippen LogP contribution in [0.1, 0.15) is 22.3 Å². The molecule has 4 heteroatoms. The Kier molecular flexibility index (Phi) is 5.25. The number of aryl methyl sites for hydroxylation is 1. The summed E-state index contributed by atoms with van der Waals surface area (Å²) < 4.78 is 2.08. The zero-order valence-electron chi connectivity index (χ0n) is 15.5. The van der Waals surface area contributed by atoms with Crippen molar-refractivity contribution in [1.29, 1.82) is 0 Å². The number of imidazole rings is 1. The maximum atomic E-state index is 6.91. The molecule has 1 heterocycles. The zero-order valence-corrected chi connectivity index (χ0v) is 17.0. The van der Waals surface area contributed by atoms with Crippen molar-refractivity contribution in [3.8, 4) is 0 Å². The second-order valence-electron chi connectivity index (χ2n) is 6.93. The predicted molar refractivity (Wildman–Crippen MR) is 116 cm³/mol. The van der Waals surface area contributed by atoms with E-state index in [0.29, 0.717) is 16.6 Å². The molecule has 1 aromatic heterocycles. The van der Waals surface area contributed by atoms with Crippen LogP contribution in [0.2, 0.25) is 10.0 Å². The molecule has 0 bridgehead atoms. The van der Waals surface area contributed by atoms with Crippen molar-refractivity contribution in [3.63, 3.8) is 0 Å². The highest BCUT2D eigenvalue weighted by molar-refractivity contribution is 6.36. The fraction of sp³-hybridized carbons (Fsp3) is 0.125. The van der Waals surface area contributed by atoms with Gasteiger partial charge < -0.3 is 4.57 Å². The van der Waals surface area contributed by atoms with Gasteiger partial charge in [-0.2, -0.15) is 0 Å². The van der Waals surface area contributed by atoms with Gasteiger partial charge in [0.25, 0.3) is 0 Å². The third-order valence-electron chi connectivity index (χ3n) is 5.22. The smallest absolute Gasteiger partial charge is 0.0946 e. The molecule has 4 rings (SSSR count). The van der Waals surface area contributed by atoms with Crippen LogP contribution in [0.4, 0.5) is 0 Å². The quantitative estimate of drug-likeness (QED) is 0.344. The summed E-state index contributed by atoms with van der Waals surface area (Å²) in [4.78, 5) is 4.25. The fourth-order valence-corrected chi connectivity index (χ4v) is 4.56. The number of aromatic nitrogens is 2. The van der Waals surface area contributed by atoms with Gasteiger partial charge in [0.15, 0.2) is 0 Å². The molecule has 4 aromatic rings. The van der Waals surface area contributed by atoms with E-state index in [9.17, 15) is 0 Å². The third-order valence-corrected chi connectivity index (χ3v) is 6.03. The van der Waals surface area contributed by atoms with E-state index in [1.807, 2.05) is 43.7 Å². The molecule has 140 valence electrons. The lowest BCUT2D eigenvalue weighted by Crippen LogP contribution is -2.35. The molecule has 0 aliphatic carbocycles. The van der Waals surface area contributed by atoms with Crippen LogP contribution in [-0.4, -0.2) is 9.55 Å². The van der Waals surface area contributed by atoms with Gasteiger partial charge in [0, 0.05) is 34.5 Å². The minimum atomic E-state index is -0.566. The van der Waals surface area contributed by atoms with Crippen LogP contribution in [0.15, 0.2) is 91.5 Å². The summed E-state index contributed by atoms with van der Waals surface area (Å²) in [6.07, 6.45) is 5.59. The minimum Gasteiger partial charge on any atom is -0.336 e. The van der Waals surface area contributed by atoms with Gasteiger partial charge in [0.05, 0.1) is 11.7 Å². The van der Waals surface area contributed by atoms with Crippen molar-refractivity contribution in [2.45, 2.75) is 18.9 Å². The van der Waals surface area contributed by atoms with Crippen LogP contribution in [0.5, 0.6) is 0 Å². The van der Waals surface area contributed by atoms with Crippen molar-refractivity contribution in [1.82, 2.24) is 9.55 Å². The highest BCUT2D eigenvalue weighted by Crippen LogP contribution is 2.47. The average molecular weight is 407 g/mol. The van der Waals surface area contributed by atoms with Crippen molar-refractivity contribution in [2.24, 2.45) is 0 Å². The molecule has 0 amide bonds. The molecule has 3 aromatic carbocycles. The lowest BCUT2D eigenvalue weighted by Gasteiger charge is -2.38. The van der Waals surface area contributed by atoms with Crippen LogP contribution in [0.3, 0.4) is 0 Å². The lowest BCUT2D eigenvalue weighted by molar-refractivity contribution is 0.502. The summed E-state index contributed by atoms with van der Waals surface area (Å²) in [7, 11) is 0. The largest absolute Gasteiger partial charge is 0.336 e. The number of halogens is 2. The van der Waals surface area contributed by atoms with Gasteiger partial charge in [-0.25, -0.2) is 4.98 Å². The standard InChI is InChI=1S/C24H20Cl2N2/c1-18-12-13-21(25)22(23(18)26)24(16-28-15-14-27-17-28,19-8-4-2-5-9-19)20-10-6-3-7-11-20/h2-15,17H,16H2,1H3. The van der Waals surface area contributed by atoms with E-state index in [4.69, 9.17) is 23.2 Å². The van der Waals surface area contributed by atoms with Crippen LogP contribution in [0.25, 0.3) is 0 Å². The molecule has 0 unspecified atom stereocenters. The molecule has 0 N–H and O–H groups in total. The van der Waals surface area contributed by atoms with Crippen LogP contribution in [-0.2, 0) is 12.0 Å². The van der Waals surface area contributed by atoms with Crippen molar-refractivity contribution >= 4 is 23.2 Å². The average Bonchev–Trinajstić information content (AvgIpc) is 3.24. The summed E-state index contributed by atoms with van der Waals surface area (Å²) in [5, 5.41) is 1.35. The first kappa shape index (κ1) is 18.8. The molecular formula is C24H20Cl2N2. The molecule has 0 radical (unpaired) electrons. The number of rotatable bonds is 5. The number of hydrogen-bond donors (Lipinski definition) is 0. The molecular weight excluding hydrogens is 387 g/mol. The summed E-state index contributed by atoms with van der Waals surface area (Å²) in [6, 6.07) is 24.7. The Balaban J connectivity index is 2.12. The van der Waals surface area contributed by atoms with Crippen molar-refractivity contribution < 1.29 is 0 Å². The first-order valence-corrected chi connectivity index (χ1v) is 9.90. The maximum Gasteiger partial charge on any atom is 0.0946 e. The van der Waals surface area contributed by atoms with Gasteiger partial charge in [-0.05, 0) is 29.7 Å². The Morgan fingerprint density at radius 3 is 2.00 bits per heavy atom. The maximum absolute atomic E-state index is 6.91. The van der Waals surface area contributed by atoms with Gasteiger partial charge in [-0.15, -0.1) is 0 Å². The lowest BCUT2D eigenvalue weighted by atomic mass is 9.69. The molecule has 0 aliphatic rings. The van der Waals surface area contributed by atoms with Gasteiger partial charge in [-0.3, -0.25) is 0 Å². The first-order chi connectivity index (χ1) is 13.6. The topological polar surface area (TPSA) is 17.8 Å². The second-order valence-corrected chi connectivity index (χ2v) is 7.71. The molecule has 0 aliphatic heterocycles. The SMILES string of the molecule is Cc1ccc(Cl)c(C(Cn2ccnc2)(c2ccccc2)c2ccccc2)c1Cl. The molecule has 2 nitrogen and oxygen atoms in total. The van der Waals surface area contributed by atoms with Crippen LogP contribution in [0, 0.1) is 6.92 Å². The Morgan fingerprint density at radius 1 is 0.857 bits per heavy atom. The monoisotopic (exact) mass is 406 g/mol. The summed E-state index contributed by atoms with van der Waals surface area (Å²) in [5.74, 6) is 0. The fourth-order valence-electron chi connectivity index (χ4n) is 3.86. The molecule has 0 fully saturated rings. The third kappa shape index (κ3) is 3.23. The summed E-state index contributed by atoms with van der Waals surface area (Å²) in [6.45, 7) is 2.64. The Bertz CT molecular complexity index is 1020. The molecule has 28 heavy (non-hydrogen) atoms. The van der Waals surface area contributed by atoms with E-state index < -0.39 is 5.41 Å². The summed E-state index contributed by atoms with van der Waals surface area (Å²) >= 11 is 13.7. The zero-order chi connectivity index (χ0) is 19.6. The van der Waals surface area contributed by atoms with Gasteiger partial charge in [0.1, 0.15) is 0 Å². The van der Waals surface area contributed by atoms with Gasteiger partial charge in [-0.1, -0.05) is 89.9 Å². The first-order valence-electron chi connectivity index (χ1n) is 9.15. The van der Waals surface area contributed by atoms with Crippen LogP contribution >= 0.6 is 23.2 Å². The second kappa shape index (κ2) is 7.83. The van der Waals surface area contributed by atoms with Crippen LogP contribution < -0.4 is 0 Å². The minimum absolute atomic E-state index is 0.566. The summed E-state index contributed by atoms with van der Waals surface area (Å²) in [5.41, 5.74) is 3.61. The van der Waals surface area contributed by atoms with E-state index >= 15 is 0 Å². The predicted octanol–water partition coefficient (Wildman–Crippen LogP) is 6.53. The molecule has 0 saturated carbocycles. The normalized spacial score (nSPS) is 11.5. The molecule has 0 atom stereocenters. The van der Waals surface area contributed by atoms with Gasteiger partial charge >= 0.3 is 0 Å². The van der Waals surface area contributed by atoms with E-state index in [-0.39, 0.29) is 0 Å². The Hall–Kier alpha value is -2.55. The number of nitrogens with zero attached hydrogens (tertiary/aromatic N) is 2. The Labute approximate surface area is 175 Å². The number of benzene rings is 3. The molecule has 0 saturated heterocycles. The highest BCUT2D eigenvalue weighted by Gasteiger charge is 2.40. The van der Waals surface area contributed by atoms with Crippen molar-refractivity contribution in [2.75, 3.05) is 0 Å².